The van der Waals surface area contributed by atoms with Crippen LogP contribution in [0.4, 0.5) is 5.82 Å². The molecule has 4 nitrogen and oxygen atoms in total. The van der Waals surface area contributed by atoms with E-state index in [1.165, 1.54) is 5.56 Å². The molecule has 0 atom stereocenters. The number of anilines is 1. The summed E-state index contributed by atoms with van der Waals surface area (Å²) in [6.07, 6.45) is 1.02. The monoisotopic (exact) mass is 206 g/mol. The molecular weight excluding hydrogens is 188 g/mol. The van der Waals surface area contributed by atoms with Gasteiger partial charge in [0.25, 0.3) is 0 Å². The summed E-state index contributed by atoms with van der Waals surface area (Å²) in [7, 11) is 0. The molecule has 2 N–H and O–H groups in total. The van der Waals surface area contributed by atoms with Crippen LogP contribution in [0.2, 0.25) is 0 Å². The molecular formula is C11H18N4. The summed E-state index contributed by atoms with van der Waals surface area (Å²) >= 11 is 0. The van der Waals surface area contributed by atoms with Crippen LogP contribution < -0.4 is 10.6 Å². The zero-order chi connectivity index (χ0) is 10.8. The molecule has 0 fully saturated rings. The van der Waals surface area contributed by atoms with Gasteiger partial charge in [0.05, 0.1) is 5.69 Å². The summed E-state index contributed by atoms with van der Waals surface area (Å²) < 4.78 is 0. The van der Waals surface area contributed by atoms with Crippen LogP contribution in [0.5, 0.6) is 0 Å². The molecule has 0 amide bonds. The van der Waals surface area contributed by atoms with Gasteiger partial charge in [-0.25, -0.2) is 9.97 Å². The van der Waals surface area contributed by atoms with E-state index < -0.39 is 0 Å². The predicted molar refractivity (Wildman–Crippen MR) is 60.9 cm³/mol. The van der Waals surface area contributed by atoms with Crippen molar-refractivity contribution in [2.24, 2.45) is 0 Å². The standard InChI is InChI=1S/C11H18N4/c1-7(2)13-11-9-4-5-12-6-10(9)14-8(3)15-11/h7,12H,4-6H2,1-3H3,(H,13,14,15). The number of nitrogens with zero attached hydrogens (tertiary/aromatic N) is 2. The van der Waals surface area contributed by atoms with E-state index in [0.29, 0.717) is 6.04 Å². The van der Waals surface area contributed by atoms with Gasteiger partial charge in [-0.3, -0.25) is 0 Å². The minimum absolute atomic E-state index is 0.415. The number of hydrogen-bond acceptors (Lipinski definition) is 4. The predicted octanol–water partition coefficient (Wildman–Crippen LogP) is 1.25. The normalized spacial score (nSPS) is 15.2. The Hall–Kier alpha value is -1.16. The average molecular weight is 206 g/mol. The molecule has 0 spiro atoms. The van der Waals surface area contributed by atoms with Crippen LogP contribution in [-0.2, 0) is 13.0 Å². The van der Waals surface area contributed by atoms with Gasteiger partial charge < -0.3 is 10.6 Å². The van der Waals surface area contributed by atoms with Gasteiger partial charge >= 0.3 is 0 Å². The van der Waals surface area contributed by atoms with Crippen molar-refractivity contribution < 1.29 is 0 Å². The van der Waals surface area contributed by atoms with E-state index in [4.69, 9.17) is 0 Å². The molecule has 0 saturated heterocycles. The molecule has 1 aliphatic rings. The Kier molecular flexibility index (Phi) is 2.86. The van der Waals surface area contributed by atoms with Crippen LogP contribution >= 0.6 is 0 Å². The van der Waals surface area contributed by atoms with Gasteiger partial charge in [-0.05, 0) is 33.7 Å². The highest BCUT2D eigenvalue weighted by molar-refractivity contribution is 5.48. The lowest BCUT2D eigenvalue weighted by Crippen LogP contribution is -2.27. The van der Waals surface area contributed by atoms with E-state index >= 15 is 0 Å². The fraction of sp³-hybridized carbons (Fsp3) is 0.636. The molecule has 0 unspecified atom stereocenters. The lowest BCUT2D eigenvalue weighted by molar-refractivity contribution is 0.620. The minimum atomic E-state index is 0.415. The molecule has 1 aliphatic heterocycles. The van der Waals surface area contributed by atoms with E-state index in [1.54, 1.807) is 0 Å². The maximum atomic E-state index is 4.48. The fourth-order valence-corrected chi connectivity index (χ4v) is 1.88. The van der Waals surface area contributed by atoms with Gasteiger partial charge in [0.2, 0.25) is 0 Å². The molecule has 1 aromatic heterocycles. The van der Waals surface area contributed by atoms with Crippen LogP contribution in [0, 0.1) is 6.92 Å². The average Bonchev–Trinajstić information content (AvgIpc) is 2.16. The molecule has 0 radical (unpaired) electrons. The Bertz CT molecular complexity index is 360. The first-order chi connectivity index (χ1) is 7.16. The lowest BCUT2D eigenvalue weighted by atomic mass is 10.1. The maximum Gasteiger partial charge on any atom is 0.133 e. The van der Waals surface area contributed by atoms with Crippen molar-refractivity contribution in [2.75, 3.05) is 11.9 Å². The Morgan fingerprint density at radius 1 is 1.33 bits per heavy atom. The number of hydrogen-bond donors (Lipinski definition) is 2. The van der Waals surface area contributed by atoms with Gasteiger partial charge in [0, 0.05) is 18.2 Å². The fourth-order valence-electron chi connectivity index (χ4n) is 1.88. The largest absolute Gasteiger partial charge is 0.368 e. The minimum Gasteiger partial charge on any atom is -0.368 e. The van der Waals surface area contributed by atoms with Crippen LogP contribution in [0.25, 0.3) is 0 Å². The van der Waals surface area contributed by atoms with Crippen molar-refractivity contribution in [3.63, 3.8) is 0 Å². The third kappa shape index (κ3) is 2.26. The Morgan fingerprint density at radius 2 is 2.13 bits per heavy atom. The van der Waals surface area contributed by atoms with Gasteiger partial charge in [-0.1, -0.05) is 0 Å². The molecule has 2 rings (SSSR count). The Balaban J connectivity index is 2.38. The van der Waals surface area contributed by atoms with E-state index in [0.717, 1.165) is 36.8 Å². The topological polar surface area (TPSA) is 49.8 Å². The molecule has 0 saturated carbocycles. The molecule has 0 bridgehead atoms. The maximum absolute atomic E-state index is 4.48. The first-order valence-electron chi connectivity index (χ1n) is 5.50. The third-order valence-electron chi connectivity index (χ3n) is 2.47. The van der Waals surface area contributed by atoms with Crippen molar-refractivity contribution in [1.82, 2.24) is 15.3 Å². The summed E-state index contributed by atoms with van der Waals surface area (Å²) in [6, 6.07) is 0.415. The first-order valence-corrected chi connectivity index (χ1v) is 5.50. The molecule has 0 aliphatic carbocycles. The van der Waals surface area contributed by atoms with E-state index in [9.17, 15) is 0 Å². The molecule has 15 heavy (non-hydrogen) atoms. The van der Waals surface area contributed by atoms with Crippen molar-refractivity contribution in [3.8, 4) is 0 Å². The van der Waals surface area contributed by atoms with Gasteiger partial charge in [-0.15, -0.1) is 0 Å². The van der Waals surface area contributed by atoms with Crippen molar-refractivity contribution in [3.05, 3.63) is 17.1 Å². The second kappa shape index (κ2) is 4.14. The quantitative estimate of drug-likeness (QED) is 0.764. The van der Waals surface area contributed by atoms with E-state index in [2.05, 4.69) is 34.4 Å². The second-order valence-corrected chi connectivity index (χ2v) is 4.27. The van der Waals surface area contributed by atoms with Crippen LogP contribution in [-0.4, -0.2) is 22.6 Å². The highest BCUT2D eigenvalue weighted by Crippen LogP contribution is 2.20. The summed E-state index contributed by atoms with van der Waals surface area (Å²) in [4.78, 5) is 8.94. The Morgan fingerprint density at radius 3 is 2.87 bits per heavy atom. The zero-order valence-electron chi connectivity index (χ0n) is 9.59. The summed E-state index contributed by atoms with van der Waals surface area (Å²) in [5, 5.41) is 6.73. The smallest absolute Gasteiger partial charge is 0.133 e. The molecule has 1 aromatic rings. The number of rotatable bonds is 2. The summed E-state index contributed by atoms with van der Waals surface area (Å²) in [5.74, 6) is 1.87. The number of aromatic nitrogens is 2. The number of nitrogens with one attached hydrogen (secondary N) is 2. The van der Waals surface area contributed by atoms with Crippen molar-refractivity contribution in [2.45, 2.75) is 39.8 Å². The Labute approximate surface area is 90.5 Å². The SMILES string of the molecule is Cc1nc2c(c(NC(C)C)n1)CCNC2. The summed E-state index contributed by atoms with van der Waals surface area (Å²) in [5.41, 5.74) is 2.44. The van der Waals surface area contributed by atoms with Gasteiger partial charge in [0.15, 0.2) is 0 Å². The molecule has 2 heterocycles. The van der Waals surface area contributed by atoms with E-state index in [1.807, 2.05) is 6.92 Å². The first kappa shape index (κ1) is 10.4. The second-order valence-electron chi connectivity index (χ2n) is 4.27. The van der Waals surface area contributed by atoms with Crippen LogP contribution in [0.1, 0.15) is 30.9 Å². The number of aryl methyl sites for hydroxylation is 1. The van der Waals surface area contributed by atoms with E-state index in [-0.39, 0.29) is 0 Å². The van der Waals surface area contributed by atoms with Crippen LogP contribution in [0.15, 0.2) is 0 Å². The zero-order valence-corrected chi connectivity index (χ0v) is 9.59. The van der Waals surface area contributed by atoms with Crippen LogP contribution in [0.3, 0.4) is 0 Å². The highest BCUT2D eigenvalue weighted by atomic mass is 15.1. The van der Waals surface area contributed by atoms with Gasteiger partial charge in [0.1, 0.15) is 11.6 Å². The number of fused-ring (bicyclic) bond motifs is 1. The van der Waals surface area contributed by atoms with Crippen molar-refractivity contribution in [1.29, 1.82) is 0 Å². The molecule has 0 aromatic carbocycles. The lowest BCUT2D eigenvalue weighted by Gasteiger charge is -2.21. The summed E-state index contributed by atoms with van der Waals surface area (Å²) in [6.45, 7) is 8.09. The highest BCUT2D eigenvalue weighted by Gasteiger charge is 2.16. The molecule has 82 valence electrons. The third-order valence-corrected chi connectivity index (χ3v) is 2.47. The van der Waals surface area contributed by atoms with Gasteiger partial charge in [-0.2, -0.15) is 0 Å². The van der Waals surface area contributed by atoms with Crippen molar-refractivity contribution >= 4 is 5.82 Å². The molecule has 4 heteroatoms.